The van der Waals surface area contributed by atoms with Gasteiger partial charge in [0.15, 0.2) is 5.78 Å². The molecule has 1 aromatic carbocycles. The lowest BCUT2D eigenvalue weighted by molar-refractivity contribution is -0.145. The van der Waals surface area contributed by atoms with Gasteiger partial charge in [-0.25, -0.2) is 0 Å². The number of hydrogen-bond donors (Lipinski definition) is 0. The van der Waals surface area contributed by atoms with Crippen LogP contribution in [0.4, 0.5) is 0 Å². The SMILES string of the molecule is CCOC(=O)CC(=O)COc1ccccc1C(C)C. The second kappa shape index (κ2) is 7.56. The van der Waals surface area contributed by atoms with E-state index in [0.717, 1.165) is 5.56 Å². The molecule has 0 aliphatic rings. The van der Waals surface area contributed by atoms with Crippen molar-refractivity contribution < 1.29 is 19.1 Å². The molecule has 0 radical (unpaired) electrons. The van der Waals surface area contributed by atoms with E-state index in [1.807, 2.05) is 24.3 Å². The van der Waals surface area contributed by atoms with E-state index >= 15 is 0 Å². The highest BCUT2D eigenvalue weighted by Gasteiger charge is 2.13. The molecule has 0 N–H and O–H groups in total. The van der Waals surface area contributed by atoms with Gasteiger partial charge >= 0.3 is 5.97 Å². The van der Waals surface area contributed by atoms with Gasteiger partial charge in [0.1, 0.15) is 18.8 Å². The number of esters is 1. The number of carbonyl (C=O) groups is 2. The minimum absolute atomic E-state index is 0.109. The Kier molecular flexibility index (Phi) is 6.06. The molecule has 0 saturated carbocycles. The van der Waals surface area contributed by atoms with Crippen LogP contribution in [-0.4, -0.2) is 25.0 Å². The summed E-state index contributed by atoms with van der Waals surface area (Å²) in [5.41, 5.74) is 1.05. The van der Waals surface area contributed by atoms with Gasteiger partial charge in [0, 0.05) is 0 Å². The van der Waals surface area contributed by atoms with Crippen molar-refractivity contribution in [2.24, 2.45) is 0 Å². The van der Waals surface area contributed by atoms with E-state index in [-0.39, 0.29) is 25.4 Å². The summed E-state index contributed by atoms with van der Waals surface area (Å²) >= 11 is 0. The standard InChI is InChI=1S/C15H20O4/c1-4-18-15(17)9-12(16)10-19-14-8-6-5-7-13(14)11(2)3/h5-8,11H,4,9-10H2,1-3H3. The topological polar surface area (TPSA) is 52.6 Å². The van der Waals surface area contributed by atoms with Crippen LogP contribution in [0.15, 0.2) is 24.3 Å². The predicted molar refractivity (Wildman–Crippen MR) is 72.3 cm³/mol. The fraction of sp³-hybridized carbons (Fsp3) is 0.467. The molecule has 0 atom stereocenters. The molecule has 4 nitrogen and oxygen atoms in total. The van der Waals surface area contributed by atoms with E-state index in [1.54, 1.807) is 6.92 Å². The van der Waals surface area contributed by atoms with Gasteiger partial charge in [0.2, 0.25) is 0 Å². The first-order valence-corrected chi connectivity index (χ1v) is 6.43. The van der Waals surface area contributed by atoms with Crippen molar-refractivity contribution >= 4 is 11.8 Å². The zero-order valence-electron chi connectivity index (χ0n) is 11.6. The Hall–Kier alpha value is -1.84. The smallest absolute Gasteiger partial charge is 0.313 e. The molecule has 4 heteroatoms. The third-order valence-electron chi connectivity index (χ3n) is 2.58. The van der Waals surface area contributed by atoms with Gasteiger partial charge in [-0.2, -0.15) is 0 Å². The predicted octanol–water partition coefficient (Wildman–Crippen LogP) is 2.71. The van der Waals surface area contributed by atoms with Gasteiger partial charge in [0.25, 0.3) is 0 Å². The molecule has 0 aliphatic heterocycles. The summed E-state index contributed by atoms with van der Waals surface area (Å²) < 4.78 is 10.2. The number of carbonyl (C=O) groups excluding carboxylic acids is 2. The van der Waals surface area contributed by atoms with Crippen LogP contribution in [0.3, 0.4) is 0 Å². The van der Waals surface area contributed by atoms with E-state index < -0.39 is 5.97 Å². The molecule has 104 valence electrons. The zero-order chi connectivity index (χ0) is 14.3. The van der Waals surface area contributed by atoms with Gasteiger partial charge in [-0.15, -0.1) is 0 Å². The van der Waals surface area contributed by atoms with Crippen molar-refractivity contribution in [1.82, 2.24) is 0 Å². The van der Waals surface area contributed by atoms with E-state index in [4.69, 9.17) is 9.47 Å². The molecule has 0 aromatic heterocycles. The van der Waals surface area contributed by atoms with Gasteiger partial charge < -0.3 is 9.47 Å². The Morgan fingerprint density at radius 2 is 1.89 bits per heavy atom. The minimum atomic E-state index is -0.506. The molecule has 0 spiro atoms. The highest BCUT2D eigenvalue weighted by atomic mass is 16.5. The fourth-order valence-corrected chi connectivity index (χ4v) is 1.67. The summed E-state index contributed by atoms with van der Waals surface area (Å²) in [5, 5.41) is 0. The maximum Gasteiger partial charge on any atom is 0.313 e. The molecule has 0 unspecified atom stereocenters. The lowest BCUT2D eigenvalue weighted by Gasteiger charge is -2.13. The number of hydrogen-bond acceptors (Lipinski definition) is 4. The Balaban J connectivity index is 2.53. The summed E-state index contributed by atoms with van der Waals surface area (Å²) in [4.78, 5) is 22.7. The number of rotatable bonds is 7. The van der Waals surface area contributed by atoms with E-state index in [9.17, 15) is 9.59 Å². The minimum Gasteiger partial charge on any atom is -0.486 e. The van der Waals surface area contributed by atoms with E-state index in [1.165, 1.54) is 0 Å². The van der Waals surface area contributed by atoms with Crippen molar-refractivity contribution in [1.29, 1.82) is 0 Å². The second-order valence-corrected chi connectivity index (χ2v) is 4.50. The third-order valence-corrected chi connectivity index (χ3v) is 2.58. The largest absolute Gasteiger partial charge is 0.486 e. The second-order valence-electron chi connectivity index (χ2n) is 4.50. The Morgan fingerprint density at radius 3 is 2.53 bits per heavy atom. The first-order valence-electron chi connectivity index (χ1n) is 6.43. The van der Waals surface area contributed by atoms with Crippen molar-refractivity contribution in [2.75, 3.05) is 13.2 Å². The summed E-state index contributed by atoms with van der Waals surface area (Å²) in [6, 6.07) is 7.59. The number of benzene rings is 1. The Labute approximate surface area is 113 Å². The highest BCUT2D eigenvalue weighted by Crippen LogP contribution is 2.25. The number of Topliss-reactive ketones (excluding diaryl/α,β-unsaturated/α-hetero) is 1. The van der Waals surface area contributed by atoms with Crippen molar-refractivity contribution in [3.63, 3.8) is 0 Å². The van der Waals surface area contributed by atoms with Gasteiger partial charge in [0.05, 0.1) is 6.61 Å². The molecule has 0 amide bonds. The molecule has 1 rings (SSSR count). The van der Waals surface area contributed by atoms with Crippen molar-refractivity contribution in [2.45, 2.75) is 33.1 Å². The molecule has 0 aliphatic carbocycles. The van der Waals surface area contributed by atoms with Crippen LogP contribution in [-0.2, 0) is 14.3 Å². The normalized spacial score (nSPS) is 10.3. The fourth-order valence-electron chi connectivity index (χ4n) is 1.67. The quantitative estimate of drug-likeness (QED) is 0.561. The van der Waals surface area contributed by atoms with Crippen LogP contribution >= 0.6 is 0 Å². The molecule has 0 bridgehead atoms. The zero-order valence-corrected chi connectivity index (χ0v) is 11.6. The number of para-hydroxylation sites is 1. The van der Waals surface area contributed by atoms with E-state index in [0.29, 0.717) is 11.7 Å². The molecular weight excluding hydrogens is 244 g/mol. The first kappa shape index (κ1) is 15.2. The summed E-state index contributed by atoms with van der Waals surface area (Å²) in [6.07, 6.45) is -0.238. The van der Waals surface area contributed by atoms with Crippen LogP contribution in [0.5, 0.6) is 5.75 Å². The van der Waals surface area contributed by atoms with Crippen LogP contribution in [0.25, 0.3) is 0 Å². The Morgan fingerprint density at radius 1 is 1.21 bits per heavy atom. The monoisotopic (exact) mass is 264 g/mol. The molecule has 0 saturated heterocycles. The number of ketones is 1. The first-order chi connectivity index (χ1) is 9.04. The van der Waals surface area contributed by atoms with Crippen LogP contribution in [0, 0.1) is 0 Å². The molecule has 0 fully saturated rings. The highest BCUT2D eigenvalue weighted by molar-refractivity contribution is 5.96. The van der Waals surface area contributed by atoms with E-state index in [2.05, 4.69) is 13.8 Å². The summed E-state index contributed by atoms with van der Waals surface area (Å²) in [7, 11) is 0. The average Bonchev–Trinajstić information content (AvgIpc) is 2.36. The Bertz CT molecular complexity index is 438. The molecule has 1 aromatic rings. The number of ether oxygens (including phenoxy) is 2. The summed E-state index contributed by atoms with van der Waals surface area (Å²) in [5.74, 6) is 0.219. The van der Waals surface area contributed by atoms with Crippen LogP contribution in [0.1, 0.15) is 38.7 Å². The summed E-state index contributed by atoms with van der Waals surface area (Å²) in [6.45, 7) is 5.99. The lowest BCUT2D eigenvalue weighted by Crippen LogP contribution is -2.17. The van der Waals surface area contributed by atoms with Gasteiger partial charge in [-0.1, -0.05) is 32.0 Å². The maximum atomic E-state index is 11.6. The van der Waals surface area contributed by atoms with Crippen LogP contribution in [0.2, 0.25) is 0 Å². The van der Waals surface area contributed by atoms with Gasteiger partial charge in [-0.3, -0.25) is 9.59 Å². The van der Waals surface area contributed by atoms with Crippen LogP contribution < -0.4 is 4.74 Å². The van der Waals surface area contributed by atoms with Crippen molar-refractivity contribution in [3.05, 3.63) is 29.8 Å². The van der Waals surface area contributed by atoms with Gasteiger partial charge in [-0.05, 0) is 24.5 Å². The third kappa shape index (κ3) is 5.12. The van der Waals surface area contributed by atoms with Crippen molar-refractivity contribution in [3.8, 4) is 5.75 Å². The average molecular weight is 264 g/mol. The maximum absolute atomic E-state index is 11.6. The molecular formula is C15H20O4. The molecule has 19 heavy (non-hydrogen) atoms. The molecule has 0 heterocycles. The lowest BCUT2D eigenvalue weighted by atomic mass is 10.0.